The summed E-state index contributed by atoms with van der Waals surface area (Å²) in [5, 5.41) is 0. The lowest BCUT2D eigenvalue weighted by atomic mass is 10.1. The maximum atomic E-state index is 12.6. The minimum Gasteiger partial charge on any atom is -0.462 e. The van der Waals surface area contributed by atoms with Crippen LogP contribution in [0.2, 0.25) is 0 Å². The van der Waals surface area contributed by atoms with Gasteiger partial charge in [-0.1, -0.05) is 162 Å². The van der Waals surface area contributed by atoms with E-state index in [1.54, 1.807) is 0 Å². The number of nitrogens with two attached hydrogens (primary N) is 1. The molecule has 0 aliphatic rings. The van der Waals surface area contributed by atoms with E-state index in [4.69, 9.17) is 24.3 Å². The first-order chi connectivity index (χ1) is 28.8. The Kier molecular flexibility index (Phi) is 42.2. The summed E-state index contributed by atoms with van der Waals surface area (Å²) >= 11 is 0. The van der Waals surface area contributed by atoms with Gasteiger partial charge < -0.3 is 20.1 Å². The third-order valence-corrected chi connectivity index (χ3v) is 9.95. The van der Waals surface area contributed by atoms with Gasteiger partial charge in [0.1, 0.15) is 6.61 Å². The minimum atomic E-state index is -4.39. The molecule has 10 heteroatoms. The van der Waals surface area contributed by atoms with Crippen LogP contribution in [-0.4, -0.2) is 49.3 Å². The zero-order valence-electron chi connectivity index (χ0n) is 36.9. The second kappa shape index (κ2) is 44.5. The van der Waals surface area contributed by atoms with Crippen molar-refractivity contribution in [3.05, 3.63) is 97.2 Å². The molecule has 0 heterocycles. The van der Waals surface area contributed by atoms with Crippen LogP contribution in [0.25, 0.3) is 0 Å². The molecule has 0 rings (SSSR count). The molecule has 0 saturated carbocycles. The largest absolute Gasteiger partial charge is 0.472 e. The molecule has 2 unspecified atom stereocenters. The molecule has 0 saturated heterocycles. The number of ether oxygens (including phenoxy) is 2. The summed E-state index contributed by atoms with van der Waals surface area (Å²) in [7, 11) is -4.39. The first kappa shape index (κ1) is 55.9. The van der Waals surface area contributed by atoms with E-state index in [0.29, 0.717) is 12.8 Å². The molecular formula is C49H82NO8P. The number of hydrogen-bond donors (Lipinski definition) is 2. The summed E-state index contributed by atoms with van der Waals surface area (Å²) in [5.74, 6) is -0.874. The predicted molar refractivity (Wildman–Crippen MR) is 247 cm³/mol. The van der Waals surface area contributed by atoms with Crippen LogP contribution in [0.4, 0.5) is 0 Å². The van der Waals surface area contributed by atoms with Crippen molar-refractivity contribution in [2.75, 3.05) is 26.4 Å². The van der Waals surface area contributed by atoms with Gasteiger partial charge in [0, 0.05) is 19.4 Å². The average Bonchev–Trinajstić information content (AvgIpc) is 3.22. The van der Waals surface area contributed by atoms with Crippen LogP contribution in [-0.2, 0) is 32.7 Å². The molecule has 0 aromatic rings. The fourth-order valence-corrected chi connectivity index (χ4v) is 6.44. The Morgan fingerprint density at radius 3 is 1.31 bits per heavy atom. The Bertz CT molecular complexity index is 1280. The number of phosphoric ester groups is 1. The Morgan fingerprint density at radius 2 is 0.881 bits per heavy atom. The van der Waals surface area contributed by atoms with Gasteiger partial charge in [0.25, 0.3) is 0 Å². The normalized spacial score (nSPS) is 14.2. The predicted octanol–water partition coefficient (Wildman–Crippen LogP) is 13.4. The smallest absolute Gasteiger partial charge is 0.462 e. The molecule has 0 fully saturated rings. The fourth-order valence-electron chi connectivity index (χ4n) is 5.67. The molecular weight excluding hydrogens is 762 g/mol. The Balaban J connectivity index is 4.20. The Labute approximate surface area is 359 Å². The van der Waals surface area contributed by atoms with Crippen molar-refractivity contribution in [3.63, 3.8) is 0 Å². The van der Waals surface area contributed by atoms with Crippen molar-refractivity contribution >= 4 is 19.8 Å². The van der Waals surface area contributed by atoms with Crippen LogP contribution in [0, 0.1) is 0 Å². The number of allylic oxidation sites excluding steroid dienone is 16. The quantitative estimate of drug-likeness (QED) is 0.0267. The second-order valence-corrected chi connectivity index (χ2v) is 16.0. The van der Waals surface area contributed by atoms with Gasteiger partial charge in [0.15, 0.2) is 6.10 Å². The highest BCUT2D eigenvalue weighted by Gasteiger charge is 2.26. The van der Waals surface area contributed by atoms with Gasteiger partial charge in [-0.25, -0.2) is 4.57 Å². The number of carbonyl (C=O) groups excluding carboxylic acids is 2. The van der Waals surface area contributed by atoms with Crippen LogP contribution in [0.3, 0.4) is 0 Å². The Hall–Kier alpha value is -3.07. The van der Waals surface area contributed by atoms with Crippen LogP contribution in [0.5, 0.6) is 0 Å². The van der Waals surface area contributed by atoms with E-state index in [1.165, 1.54) is 25.7 Å². The summed E-state index contributed by atoms with van der Waals surface area (Å²) in [4.78, 5) is 34.9. The van der Waals surface area contributed by atoms with Crippen LogP contribution in [0.15, 0.2) is 97.2 Å². The highest BCUT2D eigenvalue weighted by Crippen LogP contribution is 2.43. The van der Waals surface area contributed by atoms with Crippen molar-refractivity contribution in [3.8, 4) is 0 Å². The maximum absolute atomic E-state index is 12.6. The monoisotopic (exact) mass is 844 g/mol. The van der Waals surface area contributed by atoms with Crippen LogP contribution < -0.4 is 5.73 Å². The van der Waals surface area contributed by atoms with Crippen molar-refractivity contribution < 1.29 is 37.6 Å². The summed E-state index contributed by atoms with van der Waals surface area (Å²) in [6.45, 7) is 3.45. The van der Waals surface area contributed by atoms with Gasteiger partial charge in [-0.2, -0.15) is 0 Å². The number of hydrogen-bond acceptors (Lipinski definition) is 8. The zero-order valence-corrected chi connectivity index (χ0v) is 37.8. The first-order valence-electron chi connectivity index (χ1n) is 22.7. The molecule has 0 aliphatic carbocycles. The molecule has 0 radical (unpaired) electrons. The Morgan fingerprint density at radius 1 is 0.508 bits per heavy atom. The molecule has 59 heavy (non-hydrogen) atoms. The van der Waals surface area contributed by atoms with E-state index >= 15 is 0 Å². The van der Waals surface area contributed by atoms with Gasteiger partial charge in [-0.15, -0.1) is 0 Å². The highest BCUT2D eigenvalue weighted by molar-refractivity contribution is 7.47. The molecule has 9 nitrogen and oxygen atoms in total. The van der Waals surface area contributed by atoms with Crippen molar-refractivity contribution in [1.82, 2.24) is 0 Å². The summed E-state index contributed by atoms with van der Waals surface area (Å²) in [6.07, 6.45) is 57.2. The molecule has 0 aromatic heterocycles. The van der Waals surface area contributed by atoms with E-state index in [1.807, 2.05) is 0 Å². The molecule has 3 N–H and O–H groups in total. The minimum absolute atomic E-state index is 0.0427. The SMILES string of the molecule is CC/C=C\C/C=C\C/C=C\C/C=C\CCCCCCCCCCC(=O)OC(COC(=O)CCCCCC/C=C\C/C=C\C/C=C\C/C=C\CC)COP(=O)(O)OCCN. The molecule has 0 amide bonds. The van der Waals surface area contributed by atoms with E-state index in [2.05, 4.69) is 111 Å². The number of unbranched alkanes of at least 4 members (excludes halogenated alkanes) is 12. The van der Waals surface area contributed by atoms with Gasteiger partial charge >= 0.3 is 19.8 Å². The number of esters is 2. The van der Waals surface area contributed by atoms with E-state index in [9.17, 15) is 19.0 Å². The molecule has 0 spiro atoms. The van der Waals surface area contributed by atoms with E-state index in [0.717, 1.165) is 103 Å². The lowest BCUT2D eigenvalue weighted by Crippen LogP contribution is -2.29. The third kappa shape index (κ3) is 44.3. The molecule has 2 atom stereocenters. The molecule has 0 bridgehead atoms. The fraction of sp³-hybridized carbons (Fsp3) is 0.633. The number of phosphoric acid groups is 1. The van der Waals surface area contributed by atoms with Crippen LogP contribution >= 0.6 is 7.82 Å². The second-order valence-electron chi connectivity index (χ2n) is 14.5. The molecule has 336 valence electrons. The average molecular weight is 844 g/mol. The third-order valence-electron chi connectivity index (χ3n) is 8.97. The molecule has 0 aromatic carbocycles. The maximum Gasteiger partial charge on any atom is 0.472 e. The molecule has 0 aliphatic heterocycles. The topological polar surface area (TPSA) is 134 Å². The zero-order chi connectivity index (χ0) is 43.2. The first-order valence-corrected chi connectivity index (χ1v) is 24.2. The van der Waals surface area contributed by atoms with Crippen molar-refractivity contribution in [2.24, 2.45) is 5.73 Å². The van der Waals surface area contributed by atoms with Crippen LogP contribution in [0.1, 0.15) is 168 Å². The standard InChI is InChI=1S/C49H82NO8P/c1-3-5-7-9-11-13-15-17-19-21-22-23-24-26-28-30-32-34-36-38-40-42-49(52)58-47(46-57-59(53,54)56-44-43-50)45-55-48(51)41-39-37-35-33-31-29-27-25-20-18-16-14-12-10-8-6-4-2/h5-8,11-14,17-20,22-23,27,29,47H,3-4,9-10,15-16,21,24-26,28,30-46,50H2,1-2H3,(H,53,54)/b7-5-,8-6-,13-11-,14-12-,19-17-,20-18-,23-22-,29-27-. The van der Waals surface area contributed by atoms with Gasteiger partial charge in [0.2, 0.25) is 0 Å². The van der Waals surface area contributed by atoms with Gasteiger partial charge in [-0.05, 0) is 89.9 Å². The number of rotatable bonds is 41. The van der Waals surface area contributed by atoms with Gasteiger partial charge in [0.05, 0.1) is 13.2 Å². The lowest BCUT2D eigenvalue weighted by molar-refractivity contribution is -0.161. The summed E-state index contributed by atoms with van der Waals surface area (Å²) in [6, 6.07) is 0. The van der Waals surface area contributed by atoms with Crippen molar-refractivity contribution in [2.45, 2.75) is 174 Å². The van der Waals surface area contributed by atoms with Gasteiger partial charge in [-0.3, -0.25) is 18.6 Å². The lowest BCUT2D eigenvalue weighted by Gasteiger charge is -2.19. The number of carbonyl (C=O) groups is 2. The van der Waals surface area contributed by atoms with E-state index < -0.39 is 32.5 Å². The summed E-state index contributed by atoms with van der Waals surface area (Å²) < 4.78 is 32.8. The van der Waals surface area contributed by atoms with E-state index in [-0.39, 0.29) is 32.6 Å². The highest BCUT2D eigenvalue weighted by atomic mass is 31.2. The summed E-state index contributed by atoms with van der Waals surface area (Å²) in [5.41, 5.74) is 5.35. The van der Waals surface area contributed by atoms with Crippen molar-refractivity contribution in [1.29, 1.82) is 0 Å².